The Morgan fingerprint density at radius 1 is 0.411 bits per heavy atom. The van der Waals surface area contributed by atoms with E-state index in [1.54, 1.807) is 0 Å². The Hall–Kier alpha value is -6.50. The molecule has 6 nitrogen and oxygen atoms in total. The Bertz CT molecular complexity index is 2260. The van der Waals surface area contributed by atoms with Gasteiger partial charge in [0.25, 0.3) is 0 Å². The number of benzene rings is 7. The predicted molar refractivity (Wildman–Crippen MR) is 218 cm³/mol. The molecule has 7 aromatic rings. The first kappa shape index (κ1) is 36.5. The maximum Gasteiger partial charge on any atom is 0.162 e. The fourth-order valence-electron chi connectivity index (χ4n) is 6.72. The molecule has 0 aromatic heterocycles. The molecule has 0 radical (unpaired) electrons. The van der Waals surface area contributed by atoms with E-state index in [2.05, 4.69) is 60.7 Å². The second kappa shape index (κ2) is 18.2. The summed E-state index contributed by atoms with van der Waals surface area (Å²) in [5.74, 6) is 3.34. The molecule has 0 unspecified atom stereocenters. The normalized spacial score (nSPS) is 14.6. The van der Waals surface area contributed by atoms with Crippen LogP contribution in [0.4, 0.5) is 0 Å². The lowest BCUT2D eigenvalue weighted by Crippen LogP contribution is -2.33. The van der Waals surface area contributed by atoms with E-state index >= 15 is 0 Å². The third kappa shape index (κ3) is 9.59. The van der Waals surface area contributed by atoms with Gasteiger partial charge in [-0.2, -0.15) is 0 Å². The van der Waals surface area contributed by atoms with Crippen LogP contribution >= 0.6 is 0 Å². The van der Waals surface area contributed by atoms with E-state index in [9.17, 15) is 0 Å². The molecule has 0 fully saturated rings. The van der Waals surface area contributed by atoms with E-state index in [0.29, 0.717) is 68.2 Å². The molecule has 1 aliphatic heterocycles. The summed E-state index contributed by atoms with van der Waals surface area (Å²) in [6, 6.07) is 60.8. The molecule has 8 rings (SSSR count). The van der Waals surface area contributed by atoms with Crippen molar-refractivity contribution in [1.29, 1.82) is 0 Å². The van der Waals surface area contributed by atoms with Gasteiger partial charge < -0.3 is 28.4 Å². The van der Waals surface area contributed by atoms with Crippen LogP contribution in [0, 0.1) is 0 Å². The Morgan fingerprint density at radius 3 is 1.38 bits per heavy atom. The summed E-state index contributed by atoms with van der Waals surface area (Å²) >= 11 is 0. The van der Waals surface area contributed by atoms with Crippen LogP contribution < -0.4 is 23.7 Å². The van der Waals surface area contributed by atoms with E-state index in [1.165, 1.54) is 0 Å². The van der Waals surface area contributed by atoms with Crippen LogP contribution in [-0.4, -0.2) is 6.10 Å². The van der Waals surface area contributed by atoms with Crippen LogP contribution in [0.15, 0.2) is 182 Å². The standard InChI is InChI=1S/C50H44O6/c1-6-16-37(17-7-1)32-51-43-29-46(53-34-39-20-10-3-11-21-39)44-31-49(55-36-41-24-14-5-15-25-41)50(56-47(44)30-43)42-26-27-45(52-33-38-18-8-2-9-19-38)48(28-42)54-35-40-22-12-4-13-23-40/h1-30,49-50H,31-36H2/t49-,50-/m1/s1. The predicted octanol–water partition coefficient (Wildman–Crippen LogP) is 11.3. The van der Waals surface area contributed by atoms with Crippen molar-refractivity contribution in [2.75, 3.05) is 0 Å². The number of hydrogen-bond acceptors (Lipinski definition) is 6. The van der Waals surface area contributed by atoms with E-state index in [-0.39, 0.29) is 6.10 Å². The van der Waals surface area contributed by atoms with E-state index in [0.717, 1.165) is 38.9 Å². The molecule has 6 heteroatoms. The third-order valence-electron chi connectivity index (χ3n) is 9.70. The van der Waals surface area contributed by atoms with Gasteiger partial charge in [-0.05, 0) is 45.5 Å². The minimum atomic E-state index is -0.472. The molecule has 1 aliphatic rings. The van der Waals surface area contributed by atoms with Gasteiger partial charge in [-0.3, -0.25) is 0 Å². The van der Waals surface area contributed by atoms with Crippen molar-refractivity contribution in [1.82, 2.24) is 0 Å². The highest BCUT2D eigenvalue weighted by molar-refractivity contribution is 5.53. The zero-order chi connectivity index (χ0) is 37.8. The summed E-state index contributed by atoms with van der Waals surface area (Å²) in [6.45, 7) is 2.04. The van der Waals surface area contributed by atoms with Crippen molar-refractivity contribution < 1.29 is 28.4 Å². The minimum absolute atomic E-state index is 0.351. The first-order valence-electron chi connectivity index (χ1n) is 19.0. The molecule has 0 bridgehead atoms. The zero-order valence-electron chi connectivity index (χ0n) is 31.2. The minimum Gasteiger partial charge on any atom is -0.489 e. The van der Waals surface area contributed by atoms with Gasteiger partial charge in [0.1, 0.15) is 49.8 Å². The molecule has 0 amide bonds. The summed E-state index contributed by atoms with van der Waals surface area (Å²) in [4.78, 5) is 0. The lowest BCUT2D eigenvalue weighted by molar-refractivity contribution is -0.0468. The molecule has 56 heavy (non-hydrogen) atoms. The lowest BCUT2D eigenvalue weighted by Gasteiger charge is -2.35. The second-order valence-corrected chi connectivity index (χ2v) is 13.8. The van der Waals surface area contributed by atoms with Crippen molar-refractivity contribution in [3.8, 4) is 28.7 Å². The summed E-state index contributed by atoms with van der Waals surface area (Å²) in [6.07, 6.45) is -0.265. The molecule has 7 aromatic carbocycles. The number of hydrogen-bond donors (Lipinski definition) is 0. The zero-order valence-corrected chi connectivity index (χ0v) is 31.2. The maximum atomic E-state index is 7.01. The Labute approximate surface area is 328 Å². The van der Waals surface area contributed by atoms with Gasteiger partial charge in [-0.15, -0.1) is 0 Å². The Kier molecular flexibility index (Phi) is 11.9. The summed E-state index contributed by atoms with van der Waals surface area (Å²) < 4.78 is 39.6. The van der Waals surface area contributed by atoms with Crippen molar-refractivity contribution in [3.05, 3.63) is 221 Å². The molecule has 280 valence electrons. The topological polar surface area (TPSA) is 55.4 Å². The van der Waals surface area contributed by atoms with Crippen LogP contribution in [0.25, 0.3) is 0 Å². The molecule has 0 saturated heterocycles. The average Bonchev–Trinajstić information content (AvgIpc) is 3.27. The van der Waals surface area contributed by atoms with Gasteiger partial charge in [0, 0.05) is 24.1 Å². The molecule has 0 aliphatic carbocycles. The monoisotopic (exact) mass is 740 g/mol. The third-order valence-corrected chi connectivity index (χ3v) is 9.70. The van der Waals surface area contributed by atoms with Crippen molar-refractivity contribution in [2.24, 2.45) is 0 Å². The van der Waals surface area contributed by atoms with Crippen LogP contribution in [0.2, 0.25) is 0 Å². The molecule has 2 atom stereocenters. The van der Waals surface area contributed by atoms with Gasteiger partial charge in [0.15, 0.2) is 17.6 Å². The van der Waals surface area contributed by atoms with Gasteiger partial charge in [0.05, 0.1) is 6.61 Å². The fraction of sp³-hybridized carbons (Fsp3) is 0.160. The smallest absolute Gasteiger partial charge is 0.162 e. The number of rotatable bonds is 16. The van der Waals surface area contributed by atoms with Crippen molar-refractivity contribution >= 4 is 0 Å². The van der Waals surface area contributed by atoms with E-state index in [1.807, 2.05) is 121 Å². The van der Waals surface area contributed by atoms with Gasteiger partial charge in [-0.25, -0.2) is 0 Å². The highest BCUT2D eigenvalue weighted by Gasteiger charge is 2.35. The van der Waals surface area contributed by atoms with E-state index < -0.39 is 6.10 Å². The number of ether oxygens (including phenoxy) is 6. The quantitative estimate of drug-likeness (QED) is 0.0983. The first-order chi connectivity index (χ1) is 27.7. The largest absolute Gasteiger partial charge is 0.489 e. The van der Waals surface area contributed by atoms with Gasteiger partial charge in [0.2, 0.25) is 0 Å². The SMILES string of the molecule is c1ccc(COc2cc(OCc3ccccc3)c3c(c2)O[C@H](c2ccc(OCc4ccccc4)c(OCc4ccccc4)c2)[C@H](OCc2ccccc2)C3)cc1. The highest BCUT2D eigenvalue weighted by atomic mass is 16.5. The van der Waals surface area contributed by atoms with Crippen LogP contribution in [0.1, 0.15) is 45.0 Å². The van der Waals surface area contributed by atoms with Crippen LogP contribution in [-0.2, 0) is 44.2 Å². The average molecular weight is 741 g/mol. The number of fused-ring (bicyclic) bond motifs is 1. The Morgan fingerprint density at radius 2 is 0.857 bits per heavy atom. The summed E-state index contributed by atoms with van der Waals surface area (Å²) in [5.41, 5.74) is 7.20. The summed E-state index contributed by atoms with van der Waals surface area (Å²) in [7, 11) is 0. The summed E-state index contributed by atoms with van der Waals surface area (Å²) in [5, 5.41) is 0. The fourth-order valence-corrected chi connectivity index (χ4v) is 6.72. The lowest BCUT2D eigenvalue weighted by atomic mass is 9.93. The highest BCUT2D eigenvalue weighted by Crippen LogP contribution is 2.45. The van der Waals surface area contributed by atoms with Crippen molar-refractivity contribution in [3.63, 3.8) is 0 Å². The Balaban J connectivity index is 1.13. The van der Waals surface area contributed by atoms with Gasteiger partial charge in [-0.1, -0.05) is 158 Å². The van der Waals surface area contributed by atoms with Crippen LogP contribution in [0.3, 0.4) is 0 Å². The molecular weight excluding hydrogens is 697 g/mol. The van der Waals surface area contributed by atoms with Gasteiger partial charge >= 0.3 is 0 Å². The van der Waals surface area contributed by atoms with Crippen molar-refractivity contribution in [2.45, 2.75) is 51.7 Å². The molecule has 0 N–H and O–H groups in total. The molecule has 0 saturated carbocycles. The molecule has 0 spiro atoms. The van der Waals surface area contributed by atoms with Crippen LogP contribution in [0.5, 0.6) is 28.7 Å². The van der Waals surface area contributed by atoms with E-state index in [4.69, 9.17) is 28.4 Å². The molecule has 1 heterocycles. The second-order valence-electron chi connectivity index (χ2n) is 13.8. The molecular formula is C50H44O6. The first-order valence-corrected chi connectivity index (χ1v) is 19.0. The maximum absolute atomic E-state index is 7.01.